The van der Waals surface area contributed by atoms with Crippen molar-refractivity contribution in [2.75, 3.05) is 26.2 Å². The Morgan fingerprint density at radius 3 is 2.39 bits per heavy atom. The van der Waals surface area contributed by atoms with Gasteiger partial charge in [0, 0.05) is 67.4 Å². The molecule has 2 amide bonds. The van der Waals surface area contributed by atoms with Gasteiger partial charge >= 0.3 is 0 Å². The number of carbonyl (C=O) groups is 2. The van der Waals surface area contributed by atoms with Crippen molar-refractivity contribution in [2.24, 2.45) is 5.92 Å². The Bertz CT molecular complexity index is 2380. The van der Waals surface area contributed by atoms with E-state index in [1.807, 2.05) is 108 Å². The van der Waals surface area contributed by atoms with Crippen molar-refractivity contribution in [2.45, 2.75) is 58.1 Å². The second kappa shape index (κ2) is 14.4. The topological polar surface area (TPSA) is 126 Å². The van der Waals surface area contributed by atoms with Crippen LogP contribution in [0.2, 0.25) is 0 Å². The minimum Gasteiger partial charge on any atom is -0.388 e. The average molecular weight is 742 g/mol. The Morgan fingerprint density at radius 1 is 0.907 bits per heavy atom. The number of fused-ring (bicyclic) bond motifs is 1. The largest absolute Gasteiger partial charge is 0.388 e. The van der Waals surface area contributed by atoms with Gasteiger partial charge in [0.15, 0.2) is 5.65 Å². The van der Waals surface area contributed by atoms with Gasteiger partial charge in [0.05, 0.1) is 23.2 Å². The van der Waals surface area contributed by atoms with Crippen molar-refractivity contribution in [3.05, 3.63) is 129 Å². The van der Waals surface area contributed by atoms with Crippen LogP contribution in [0, 0.1) is 26.7 Å². The molecule has 0 radical (unpaired) electrons. The summed E-state index contributed by atoms with van der Waals surface area (Å²) in [4.78, 5) is 59.9. The monoisotopic (exact) mass is 741 g/mol. The zero-order valence-corrected chi connectivity index (χ0v) is 31.5. The van der Waals surface area contributed by atoms with E-state index in [4.69, 9.17) is 4.98 Å². The van der Waals surface area contributed by atoms with Crippen molar-refractivity contribution < 1.29 is 14.7 Å². The third-order valence-corrected chi connectivity index (χ3v) is 12.2. The standard InChI is InChI=1S/C42H43N7O4S/c1-27-9-13-32(14-10-27)49-20-16-34-37(49)44-26-48(40(34)51)25-42(53)17-21-46(22-18-42)39(50)33-15-19-47(24-35(33)30-7-5-4-6-8-30)41(52)36-29(3)45-38(54-36)31-12-11-28(2)43-23-31/h4-14,16,20,23,26,33,35,53H,15,17-19,21-22,24-25H2,1-3H3/t33-,35+/m1/s1. The van der Waals surface area contributed by atoms with E-state index in [0.29, 0.717) is 67.0 Å². The van der Waals surface area contributed by atoms with E-state index in [2.05, 4.69) is 9.97 Å². The molecule has 6 heterocycles. The number of benzene rings is 2. The highest BCUT2D eigenvalue weighted by Gasteiger charge is 2.42. The number of aromatic nitrogens is 5. The van der Waals surface area contributed by atoms with Gasteiger partial charge in [-0.25, -0.2) is 9.97 Å². The molecule has 2 atom stereocenters. The van der Waals surface area contributed by atoms with E-state index in [-0.39, 0.29) is 35.8 Å². The second-order valence-electron chi connectivity index (χ2n) is 14.8. The molecule has 6 aromatic rings. The number of pyridine rings is 1. The molecule has 11 nitrogen and oxygen atoms in total. The van der Waals surface area contributed by atoms with Gasteiger partial charge in [0.25, 0.3) is 11.5 Å². The molecular formula is C42H43N7O4S. The van der Waals surface area contributed by atoms with Crippen LogP contribution in [0.4, 0.5) is 0 Å². The maximum Gasteiger partial charge on any atom is 0.265 e. The zero-order valence-electron chi connectivity index (χ0n) is 30.7. The van der Waals surface area contributed by atoms with Crippen molar-refractivity contribution in [1.82, 2.24) is 33.9 Å². The summed E-state index contributed by atoms with van der Waals surface area (Å²) in [6.45, 7) is 7.55. The Labute approximate surface area is 317 Å². The molecule has 2 saturated heterocycles. The fourth-order valence-corrected chi connectivity index (χ4v) is 8.88. The molecule has 0 aliphatic carbocycles. The highest BCUT2D eigenvalue weighted by atomic mass is 32.1. The van der Waals surface area contributed by atoms with Crippen molar-refractivity contribution in [1.29, 1.82) is 0 Å². The number of amides is 2. The quantitative estimate of drug-likeness (QED) is 0.215. The molecule has 2 fully saturated rings. The molecule has 1 N–H and O–H groups in total. The van der Waals surface area contributed by atoms with Crippen LogP contribution in [0.25, 0.3) is 27.3 Å². The Balaban J connectivity index is 0.951. The summed E-state index contributed by atoms with van der Waals surface area (Å²) in [6, 6.07) is 23.7. The first-order chi connectivity index (χ1) is 26.1. The fourth-order valence-electron chi connectivity index (χ4n) is 7.86. The maximum absolute atomic E-state index is 14.3. The summed E-state index contributed by atoms with van der Waals surface area (Å²) in [7, 11) is 0. The van der Waals surface area contributed by atoms with E-state index in [1.165, 1.54) is 22.2 Å². The number of likely N-dealkylation sites (tertiary alicyclic amines) is 2. The molecule has 0 spiro atoms. The summed E-state index contributed by atoms with van der Waals surface area (Å²) >= 11 is 1.38. The predicted molar refractivity (Wildman–Crippen MR) is 209 cm³/mol. The number of hydrogen-bond acceptors (Lipinski definition) is 8. The van der Waals surface area contributed by atoms with E-state index in [9.17, 15) is 19.5 Å². The van der Waals surface area contributed by atoms with Gasteiger partial charge < -0.3 is 19.5 Å². The van der Waals surface area contributed by atoms with Gasteiger partial charge in [-0.1, -0.05) is 48.0 Å². The van der Waals surface area contributed by atoms with E-state index >= 15 is 0 Å². The van der Waals surface area contributed by atoms with Gasteiger partial charge in [0.1, 0.15) is 16.2 Å². The first-order valence-corrected chi connectivity index (χ1v) is 19.3. The Hall–Kier alpha value is -5.46. The molecule has 54 heavy (non-hydrogen) atoms. The summed E-state index contributed by atoms with van der Waals surface area (Å²) in [5, 5.41) is 12.9. The molecule has 2 aliphatic rings. The minimum atomic E-state index is -1.16. The van der Waals surface area contributed by atoms with Crippen LogP contribution in [0.5, 0.6) is 0 Å². The zero-order chi connectivity index (χ0) is 37.6. The molecule has 0 bridgehead atoms. The molecule has 8 rings (SSSR count). The van der Waals surface area contributed by atoms with Crippen LogP contribution >= 0.6 is 11.3 Å². The third-order valence-electron chi connectivity index (χ3n) is 11.0. The van der Waals surface area contributed by atoms with Crippen LogP contribution in [0.1, 0.15) is 57.4 Å². The molecule has 2 aliphatic heterocycles. The lowest BCUT2D eigenvalue weighted by molar-refractivity contribution is -0.142. The summed E-state index contributed by atoms with van der Waals surface area (Å²) < 4.78 is 3.38. The van der Waals surface area contributed by atoms with Crippen LogP contribution in [-0.4, -0.2) is 82.6 Å². The van der Waals surface area contributed by atoms with Gasteiger partial charge in [-0.3, -0.25) is 23.9 Å². The lowest BCUT2D eigenvalue weighted by Crippen LogP contribution is -2.53. The number of rotatable bonds is 7. The van der Waals surface area contributed by atoms with Crippen LogP contribution in [-0.2, 0) is 11.3 Å². The maximum atomic E-state index is 14.3. The molecule has 276 valence electrons. The molecule has 12 heteroatoms. The smallest absolute Gasteiger partial charge is 0.265 e. The second-order valence-corrected chi connectivity index (χ2v) is 15.8. The molecule has 2 aromatic carbocycles. The number of hydrogen-bond donors (Lipinski definition) is 1. The van der Waals surface area contributed by atoms with Gasteiger partial charge in [-0.2, -0.15) is 0 Å². The van der Waals surface area contributed by atoms with Crippen LogP contribution < -0.4 is 5.56 Å². The van der Waals surface area contributed by atoms with Crippen LogP contribution in [0.3, 0.4) is 0 Å². The highest BCUT2D eigenvalue weighted by molar-refractivity contribution is 7.17. The van der Waals surface area contributed by atoms with E-state index < -0.39 is 5.60 Å². The molecule has 4 aromatic heterocycles. The van der Waals surface area contributed by atoms with Gasteiger partial charge in [0.2, 0.25) is 5.91 Å². The first kappa shape index (κ1) is 35.6. The van der Waals surface area contributed by atoms with Gasteiger partial charge in [-0.15, -0.1) is 11.3 Å². The summed E-state index contributed by atoms with van der Waals surface area (Å²) in [5.41, 5.74) is 4.78. The summed E-state index contributed by atoms with van der Waals surface area (Å²) in [6.07, 6.45) is 6.35. The number of thiazole rings is 1. The normalized spacial score (nSPS) is 18.6. The number of aliphatic hydroxyl groups is 1. The van der Waals surface area contributed by atoms with Crippen molar-refractivity contribution in [3.8, 4) is 16.3 Å². The third kappa shape index (κ3) is 6.87. The average Bonchev–Trinajstić information content (AvgIpc) is 3.80. The van der Waals surface area contributed by atoms with Crippen LogP contribution in [0.15, 0.2) is 96.3 Å². The van der Waals surface area contributed by atoms with E-state index in [1.54, 1.807) is 12.3 Å². The SMILES string of the molecule is Cc1ccc(-n2ccc3c(=O)n(CC4(O)CCN(C(=O)[C@@H]5CCN(C(=O)c6sc(-c7ccc(C)nc7)nc6C)C[C@H]5c5ccccc5)CC4)cnc32)cc1. The fraction of sp³-hybridized carbons (Fsp3) is 0.333. The minimum absolute atomic E-state index is 0.0406. The number of piperidine rings is 2. The number of carbonyl (C=O) groups excluding carboxylic acids is 2. The predicted octanol–water partition coefficient (Wildman–Crippen LogP) is 5.93. The highest BCUT2D eigenvalue weighted by Crippen LogP contribution is 2.37. The van der Waals surface area contributed by atoms with E-state index in [0.717, 1.165) is 33.1 Å². The van der Waals surface area contributed by atoms with Crippen molar-refractivity contribution >= 4 is 34.2 Å². The lowest BCUT2D eigenvalue weighted by atomic mass is 9.79. The lowest BCUT2D eigenvalue weighted by Gasteiger charge is -2.43. The molecular weight excluding hydrogens is 699 g/mol. The number of nitrogens with zero attached hydrogens (tertiary/aromatic N) is 7. The van der Waals surface area contributed by atoms with Gasteiger partial charge in [-0.05, 0) is 75.9 Å². The van der Waals surface area contributed by atoms with Crippen molar-refractivity contribution in [3.63, 3.8) is 0 Å². The number of aryl methyl sites for hydroxylation is 3. The Morgan fingerprint density at radius 2 is 1.67 bits per heavy atom. The first-order valence-electron chi connectivity index (χ1n) is 18.5. The molecule has 0 unspecified atom stereocenters. The molecule has 0 saturated carbocycles. The Kier molecular flexibility index (Phi) is 9.49. The summed E-state index contributed by atoms with van der Waals surface area (Å²) in [5.74, 6) is -0.527.